The lowest BCUT2D eigenvalue weighted by molar-refractivity contribution is 0.000918. The second-order valence-corrected chi connectivity index (χ2v) is 4.57. The van der Waals surface area contributed by atoms with E-state index in [1.165, 1.54) is 25.7 Å². The Kier molecular flexibility index (Phi) is 4.74. The molecule has 0 spiro atoms. The Hall–Kier alpha value is -0.0800. The van der Waals surface area contributed by atoms with Crippen LogP contribution in [0.3, 0.4) is 0 Å². The standard InChI is InChI=1S/C11H23NO/c1-9-4-3-5-11(6-9)13-8-10(2)7-12/h9-11H,3-8,12H2,1-2H3. The summed E-state index contributed by atoms with van der Waals surface area (Å²) in [5.41, 5.74) is 5.53. The lowest BCUT2D eigenvalue weighted by Crippen LogP contribution is -2.25. The lowest BCUT2D eigenvalue weighted by Gasteiger charge is -2.27. The molecule has 2 nitrogen and oxygen atoms in total. The Labute approximate surface area is 81.8 Å². The van der Waals surface area contributed by atoms with Crippen molar-refractivity contribution in [1.29, 1.82) is 0 Å². The fourth-order valence-electron chi connectivity index (χ4n) is 1.90. The van der Waals surface area contributed by atoms with Crippen molar-refractivity contribution in [3.63, 3.8) is 0 Å². The Bertz CT molecular complexity index is 138. The minimum absolute atomic E-state index is 0.511. The van der Waals surface area contributed by atoms with Gasteiger partial charge in [0.1, 0.15) is 0 Å². The molecule has 1 aliphatic carbocycles. The van der Waals surface area contributed by atoms with Crippen molar-refractivity contribution in [3.8, 4) is 0 Å². The fraction of sp³-hybridized carbons (Fsp3) is 1.00. The minimum atomic E-state index is 0.511. The van der Waals surface area contributed by atoms with Gasteiger partial charge in [0.15, 0.2) is 0 Å². The molecule has 13 heavy (non-hydrogen) atoms. The highest BCUT2D eigenvalue weighted by Crippen LogP contribution is 2.25. The molecule has 3 unspecified atom stereocenters. The lowest BCUT2D eigenvalue weighted by atomic mass is 9.89. The maximum Gasteiger partial charge on any atom is 0.0577 e. The highest BCUT2D eigenvalue weighted by atomic mass is 16.5. The Morgan fingerprint density at radius 1 is 1.46 bits per heavy atom. The van der Waals surface area contributed by atoms with Crippen LogP contribution in [0.1, 0.15) is 39.5 Å². The number of hydrogen-bond acceptors (Lipinski definition) is 2. The number of hydrogen-bond donors (Lipinski definition) is 1. The number of rotatable bonds is 4. The summed E-state index contributed by atoms with van der Waals surface area (Å²) in [7, 11) is 0. The quantitative estimate of drug-likeness (QED) is 0.728. The van der Waals surface area contributed by atoms with E-state index in [0.717, 1.165) is 19.1 Å². The van der Waals surface area contributed by atoms with E-state index < -0.39 is 0 Å². The second kappa shape index (κ2) is 5.61. The first-order chi connectivity index (χ1) is 6.22. The summed E-state index contributed by atoms with van der Waals surface area (Å²) in [4.78, 5) is 0. The molecule has 3 atom stereocenters. The van der Waals surface area contributed by atoms with Crippen LogP contribution < -0.4 is 5.73 Å². The van der Waals surface area contributed by atoms with Gasteiger partial charge in [-0.25, -0.2) is 0 Å². The maximum absolute atomic E-state index is 5.83. The van der Waals surface area contributed by atoms with Gasteiger partial charge in [0.25, 0.3) is 0 Å². The predicted octanol–water partition coefficient (Wildman–Crippen LogP) is 2.18. The first-order valence-corrected chi connectivity index (χ1v) is 5.54. The van der Waals surface area contributed by atoms with Gasteiger partial charge in [-0.3, -0.25) is 0 Å². The molecule has 2 N–H and O–H groups in total. The van der Waals surface area contributed by atoms with E-state index in [-0.39, 0.29) is 0 Å². The predicted molar refractivity (Wildman–Crippen MR) is 55.6 cm³/mol. The van der Waals surface area contributed by atoms with Crippen molar-refractivity contribution >= 4 is 0 Å². The van der Waals surface area contributed by atoms with Crippen molar-refractivity contribution in [3.05, 3.63) is 0 Å². The number of ether oxygens (including phenoxy) is 1. The molecule has 0 aliphatic heterocycles. The Morgan fingerprint density at radius 3 is 2.85 bits per heavy atom. The van der Waals surface area contributed by atoms with Crippen LogP contribution in [0.15, 0.2) is 0 Å². The maximum atomic E-state index is 5.83. The van der Waals surface area contributed by atoms with E-state index in [9.17, 15) is 0 Å². The van der Waals surface area contributed by atoms with E-state index in [0.29, 0.717) is 12.0 Å². The highest BCUT2D eigenvalue weighted by molar-refractivity contribution is 4.70. The van der Waals surface area contributed by atoms with E-state index in [1.807, 2.05) is 0 Å². The summed E-state index contributed by atoms with van der Waals surface area (Å²) in [6, 6.07) is 0. The summed E-state index contributed by atoms with van der Waals surface area (Å²) < 4.78 is 5.83. The van der Waals surface area contributed by atoms with Crippen LogP contribution in [0, 0.1) is 11.8 Å². The van der Waals surface area contributed by atoms with Crippen molar-refractivity contribution in [2.24, 2.45) is 17.6 Å². The van der Waals surface area contributed by atoms with Crippen molar-refractivity contribution in [2.45, 2.75) is 45.6 Å². The Balaban J connectivity index is 2.13. The molecule has 0 bridgehead atoms. The van der Waals surface area contributed by atoms with E-state index in [4.69, 9.17) is 10.5 Å². The average molecular weight is 185 g/mol. The zero-order chi connectivity index (χ0) is 9.68. The third-order valence-electron chi connectivity index (χ3n) is 2.91. The zero-order valence-electron chi connectivity index (χ0n) is 8.96. The molecule has 0 heterocycles. The van der Waals surface area contributed by atoms with Gasteiger partial charge < -0.3 is 10.5 Å². The molecule has 0 radical (unpaired) electrons. The summed E-state index contributed by atoms with van der Waals surface area (Å²) in [5.74, 6) is 1.36. The SMILES string of the molecule is CC(CN)COC1CCCC(C)C1. The van der Waals surface area contributed by atoms with E-state index >= 15 is 0 Å². The van der Waals surface area contributed by atoms with Crippen LogP contribution in [0.25, 0.3) is 0 Å². The van der Waals surface area contributed by atoms with Gasteiger partial charge in [-0.1, -0.05) is 26.7 Å². The highest BCUT2D eigenvalue weighted by Gasteiger charge is 2.19. The smallest absolute Gasteiger partial charge is 0.0577 e. The molecule has 0 aromatic rings. The number of nitrogens with two attached hydrogens (primary N) is 1. The van der Waals surface area contributed by atoms with Crippen molar-refractivity contribution in [1.82, 2.24) is 0 Å². The van der Waals surface area contributed by atoms with Gasteiger partial charge in [0.2, 0.25) is 0 Å². The Morgan fingerprint density at radius 2 is 2.23 bits per heavy atom. The third kappa shape index (κ3) is 4.10. The summed E-state index contributed by atoms with van der Waals surface area (Å²) in [6.07, 6.45) is 5.73. The van der Waals surface area contributed by atoms with E-state index in [2.05, 4.69) is 13.8 Å². The minimum Gasteiger partial charge on any atom is -0.378 e. The topological polar surface area (TPSA) is 35.2 Å². The normalized spacial score (nSPS) is 31.6. The van der Waals surface area contributed by atoms with Crippen LogP contribution in [-0.2, 0) is 4.74 Å². The summed E-state index contributed by atoms with van der Waals surface area (Å²) in [6.45, 7) is 6.05. The molecule has 1 fully saturated rings. The van der Waals surface area contributed by atoms with Crippen molar-refractivity contribution in [2.75, 3.05) is 13.2 Å². The molecule has 78 valence electrons. The third-order valence-corrected chi connectivity index (χ3v) is 2.91. The van der Waals surface area contributed by atoms with Gasteiger partial charge in [0.05, 0.1) is 12.7 Å². The first kappa shape index (κ1) is 11.0. The summed E-state index contributed by atoms with van der Waals surface area (Å²) in [5, 5.41) is 0. The van der Waals surface area contributed by atoms with Gasteiger partial charge in [-0.2, -0.15) is 0 Å². The fourth-order valence-corrected chi connectivity index (χ4v) is 1.90. The largest absolute Gasteiger partial charge is 0.378 e. The van der Waals surface area contributed by atoms with Gasteiger partial charge in [-0.15, -0.1) is 0 Å². The molecule has 0 saturated heterocycles. The van der Waals surface area contributed by atoms with Crippen molar-refractivity contribution < 1.29 is 4.74 Å². The molecular weight excluding hydrogens is 162 g/mol. The summed E-state index contributed by atoms with van der Waals surface area (Å²) >= 11 is 0. The molecule has 0 aromatic carbocycles. The molecule has 0 aromatic heterocycles. The molecule has 1 aliphatic rings. The van der Waals surface area contributed by atoms with Crippen LogP contribution in [0.4, 0.5) is 0 Å². The first-order valence-electron chi connectivity index (χ1n) is 5.54. The monoisotopic (exact) mass is 185 g/mol. The zero-order valence-corrected chi connectivity index (χ0v) is 8.96. The second-order valence-electron chi connectivity index (χ2n) is 4.57. The van der Waals surface area contributed by atoms with Crippen LogP contribution in [-0.4, -0.2) is 19.3 Å². The van der Waals surface area contributed by atoms with Gasteiger partial charge in [-0.05, 0) is 31.2 Å². The average Bonchev–Trinajstić information content (AvgIpc) is 2.14. The molecular formula is C11H23NO. The van der Waals surface area contributed by atoms with Crippen LogP contribution >= 0.6 is 0 Å². The van der Waals surface area contributed by atoms with Gasteiger partial charge in [0, 0.05) is 0 Å². The van der Waals surface area contributed by atoms with E-state index in [1.54, 1.807) is 0 Å². The molecule has 1 rings (SSSR count). The molecule has 1 saturated carbocycles. The van der Waals surface area contributed by atoms with Crippen LogP contribution in [0.2, 0.25) is 0 Å². The molecule has 2 heteroatoms. The molecule has 0 amide bonds. The van der Waals surface area contributed by atoms with Gasteiger partial charge >= 0.3 is 0 Å². The van der Waals surface area contributed by atoms with Crippen LogP contribution in [0.5, 0.6) is 0 Å².